The largest absolute Gasteiger partial charge is 0.479 e. The van der Waals surface area contributed by atoms with Crippen molar-refractivity contribution in [1.29, 1.82) is 0 Å². The number of aliphatic hydroxyl groups excluding tert-OH is 4. The smallest absolute Gasteiger partial charge is 0.404 e. The SMILES string of the molecule is C/C=C1/CN(C(=O)C(NC(=O)C(N)C(O)C(O)COC(N)=O)C2OC(n3cc(C(=O)O)c(=O)[nH]c3=O)C(O)C2O)C1C(=O)O. The second-order valence-corrected chi connectivity index (χ2v) is 9.76. The number of aromatic amines is 1. The molecule has 9 unspecified atom stereocenters. The number of aromatic carboxylic acids is 1. The topological polar surface area (TPSA) is 347 Å². The third-order valence-corrected chi connectivity index (χ3v) is 7.00. The number of ether oxygens (including phenoxy) is 2. The van der Waals surface area contributed by atoms with E-state index < -0.39 is 108 Å². The van der Waals surface area contributed by atoms with Gasteiger partial charge in [0.15, 0.2) is 12.3 Å². The van der Waals surface area contributed by atoms with Crippen LogP contribution in [0.2, 0.25) is 0 Å². The van der Waals surface area contributed by atoms with E-state index in [-0.39, 0.29) is 6.54 Å². The molecule has 1 aromatic heterocycles. The molecule has 0 aromatic carbocycles. The van der Waals surface area contributed by atoms with E-state index in [0.29, 0.717) is 16.3 Å². The lowest BCUT2D eigenvalue weighted by molar-refractivity contribution is -0.157. The van der Waals surface area contributed by atoms with Crippen molar-refractivity contribution in [1.82, 2.24) is 19.8 Å². The number of allylic oxidation sites excluding steroid dienone is 1. The van der Waals surface area contributed by atoms with Gasteiger partial charge in [-0.2, -0.15) is 0 Å². The van der Waals surface area contributed by atoms with Crippen molar-refractivity contribution in [2.45, 2.75) is 61.8 Å². The van der Waals surface area contributed by atoms with E-state index >= 15 is 0 Å². The van der Waals surface area contributed by atoms with Gasteiger partial charge in [-0.1, -0.05) is 6.08 Å². The minimum absolute atomic E-state index is 0.243. The Balaban J connectivity index is 1.97. The number of aliphatic carboxylic acids is 1. The van der Waals surface area contributed by atoms with Crippen LogP contribution < -0.4 is 28.0 Å². The van der Waals surface area contributed by atoms with Crippen molar-refractivity contribution in [2.75, 3.05) is 13.2 Å². The van der Waals surface area contributed by atoms with Crippen molar-refractivity contribution in [2.24, 2.45) is 11.5 Å². The number of nitrogens with zero attached hydrogens (tertiary/aromatic N) is 2. The second kappa shape index (κ2) is 13.3. The Morgan fingerprint density at radius 1 is 1.18 bits per heavy atom. The molecule has 2 aliphatic heterocycles. The monoisotopic (exact) mass is 630 g/mol. The average Bonchev–Trinajstić information content (AvgIpc) is 3.21. The Morgan fingerprint density at radius 2 is 1.82 bits per heavy atom. The second-order valence-electron chi connectivity index (χ2n) is 9.76. The van der Waals surface area contributed by atoms with Crippen LogP contribution in [0.3, 0.4) is 0 Å². The Bertz CT molecular complexity index is 1470. The molecule has 242 valence electrons. The number of nitrogens with one attached hydrogen (secondary N) is 2. The lowest BCUT2D eigenvalue weighted by Crippen LogP contribution is -2.67. The predicted octanol–water partition coefficient (Wildman–Crippen LogP) is -6.28. The fourth-order valence-corrected chi connectivity index (χ4v) is 4.60. The Kier molecular flexibility index (Phi) is 10.2. The van der Waals surface area contributed by atoms with Crippen molar-refractivity contribution < 1.29 is 64.1 Å². The number of aliphatic hydroxyl groups is 4. The van der Waals surface area contributed by atoms with Gasteiger partial charge in [0.2, 0.25) is 11.8 Å². The number of carboxylic acids is 2. The van der Waals surface area contributed by atoms with E-state index in [1.807, 2.05) is 0 Å². The maximum absolute atomic E-state index is 13.6. The number of rotatable bonds is 11. The first-order valence-corrected chi connectivity index (χ1v) is 12.6. The molecular formula is C23H30N6O15. The first-order chi connectivity index (χ1) is 20.5. The Morgan fingerprint density at radius 3 is 2.36 bits per heavy atom. The molecule has 0 saturated carbocycles. The molecule has 21 heteroatoms. The van der Waals surface area contributed by atoms with Gasteiger partial charge in [0.1, 0.15) is 54.8 Å². The Hall–Kier alpha value is -4.67. The molecule has 12 N–H and O–H groups in total. The summed E-state index contributed by atoms with van der Waals surface area (Å²) in [5.74, 6) is -5.79. The van der Waals surface area contributed by atoms with Gasteiger partial charge in [-0.15, -0.1) is 0 Å². The minimum Gasteiger partial charge on any atom is -0.479 e. The molecular weight excluding hydrogens is 600 g/mol. The molecule has 0 bridgehead atoms. The average molecular weight is 631 g/mol. The van der Waals surface area contributed by atoms with Gasteiger partial charge in [-0.25, -0.2) is 19.2 Å². The lowest BCUT2D eigenvalue weighted by atomic mass is 9.92. The molecule has 9 atom stereocenters. The van der Waals surface area contributed by atoms with Crippen molar-refractivity contribution >= 4 is 29.8 Å². The van der Waals surface area contributed by atoms with Crippen LogP contribution in [0.5, 0.6) is 0 Å². The zero-order valence-electron chi connectivity index (χ0n) is 22.7. The van der Waals surface area contributed by atoms with Crippen LogP contribution in [0.15, 0.2) is 27.4 Å². The highest BCUT2D eigenvalue weighted by Crippen LogP contribution is 2.33. The highest BCUT2D eigenvalue weighted by Gasteiger charge is 2.54. The molecule has 1 aromatic rings. The van der Waals surface area contributed by atoms with Gasteiger partial charge in [0.25, 0.3) is 5.56 Å². The fraction of sp³-hybridized carbons (Fsp3) is 0.522. The number of carbonyl (C=O) groups excluding carboxylic acids is 3. The molecule has 3 rings (SSSR count). The summed E-state index contributed by atoms with van der Waals surface area (Å²) in [5, 5.41) is 62.7. The molecule has 44 heavy (non-hydrogen) atoms. The van der Waals surface area contributed by atoms with E-state index in [1.165, 1.54) is 13.0 Å². The summed E-state index contributed by atoms with van der Waals surface area (Å²) in [4.78, 5) is 87.4. The van der Waals surface area contributed by atoms with E-state index in [2.05, 4.69) is 10.1 Å². The zero-order chi connectivity index (χ0) is 33.2. The number of primary amides is 1. The molecule has 0 radical (unpaired) electrons. The third kappa shape index (κ3) is 6.61. The number of hydrogen-bond acceptors (Lipinski definition) is 14. The number of likely N-dealkylation sites (tertiary alicyclic amines) is 1. The van der Waals surface area contributed by atoms with E-state index in [0.717, 1.165) is 4.90 Å². The molecule has 2 saturated heterocycles. The summed E-state index contributed by atoms with van der Waals surface area (Å²) in [6, 6.07) is -5.63. The van der Waals surface area contributed by atoms with Crippen LogP contribution >= 0.6 is 0 Å². The predicted molar refractivity (Wildman–Crippen MR) is 139 cm³/mol. The van der Waals surface area contributed by atoms with Crippen molar-refractivity contribution in [3.05, 3.63) is 44.2 Å². The number of carbonyl (C=O) groups is 5. The molecule has 3 heterocycles. The minimum atomic E-state index is -2.13. The molecule has 0 aliphatic carbocycles. The van der Waals surface area contributed by atoms with Crippen LogP contribution in [0.25, 0.3) is 0 Å². The van der Waals surface area contributed by atoms with Crippen LogP contribution in [-0.4, -0.2) is 137 Å². The van der Waals surface area contributed by atoms with Crippen molar-refractivity contribution in [3.8, 4) is 0 Å². The summed E-state index contributed by atoms with van der Waals surface area (Å²) < 4.78 is 10.3. The number of amides is 3. The summed E-state index contributed by atoms with van der Waals surface area (Å²) in [5.41, 5.74) is 7.25. The molecule has 3 amide bonds. The van der Waals surface area contributed by atoms with E-state index in [1.54, 1.807) is 4.98 Å². The summed E-state index contributed by atoms with van der Waals surface area (Å²) in [7, 11) is 0. The molecule has 2 aliphatic rings. The summed E-state index contributed by atoms with van der Waals surface area (Å²) in [6.07, 6.45) is -11.6. The number of carboxylic acid groups (broad SMARTS) is 2. The normalized spacial score (nSPS) is 26.6. The molecule has 21 nitrogen and oxygen atoms in total. The number of nitrogens with two attached hydrogens (primary N) is 2. The number of aromatic nitrogens is 2. The van der Waals surface area contributed by atoms with Gasteiger partial charge < -0.3 is 61.8 Å². The third-order valence-electron chi connectivity index (χ3n) is 7.00. The first kappa shape index (κ1) is 33.8. The fourth-order valence-electron chi connectivity index (χ4n) is 4.60. The van der Waals surface area contributed by atoms with E-state index in [9.17, 15) is 64.2 Å². The van der Waals surface area contributed by atoms with Crippen LogP contribution in [-0.2, 0) is 23.9 Å². The lowest BCUT2D eigenvalue weighted by Gasteiger charge is -2.43. The van der Waals surface area contributed by atoms with Gasteiger partial charge in [0.05, 0.1) is 0 Å². The maximum atomic E-state index is 13.6. The quantitative estimate of drug-likeness (QED) is 0.102. The first-order valence-electron chi connectivity index (χ1n) is 12.6. The van der Waals surface area contributed by atoms with Crippen LogP contribution in [0.1, 0.15) is 23.5 Å². The van der Waals surface area contributed by atoms with Gasteiger partial charge >= 0.3 is 23.7 Å². The van der Waals surface area contributed by atoms with Crippen LogP contribution in [0.4, 0.5) is 4.79 Å². The van der Waals surface area contributed by atoms with Gasteiger partial charge in [0, 0.05) is 12.7 Å². The number of hydrogen-bond donors (Lipinski definition) is 10. The standard InChI is InChI=1S/C23H30N6O15/c1-2-6-3-28(11(6)21(39)40)18(36)10(26-17(35)9(24)12(31)8(30)5-43-22(25)41)15-13(32)14(33)19(44-15)29-4-7(20(37)38)16(34)27-23(29)42/h2,4,8-15,19,30-33H,3,5,24H2,1H3,(H2,25,41)(H,26,35)(H,37,38)(H,39,40)(H,27,34,42)/b6-2-. The Labute approximate surface area is 244 Å². The molecule has 0 spiro atoms. The molecule has 2 fully saturated rings. The highest BCUT2D eigenvalue weighted by molar-refractivity contribution is 5.95. The summed E-state index contributed by atoms with van der Waals surface area (Å²) in [6.45, 7) is 0.384. The van der Waals surface area contributed by atoms with Crippen LogP contribution in [0, 0.1) is 0 Å². The highest BCUT2D eigenvalue weighted by atomic mass is 16.6. The van der Waals surface area contributed by atoms with E-state index in [4.69, 9.17) is 16.2 Å². The summed E-state index contributed by atoms with van der Waals surface area (Å²) >= 11 is 0. The maximum Gasteiger partial charge on any atom is 0.404 e. The van der Waals surface area contributed by atoms with Crippen molar-refractivity contribution in [3.63, 3.8) is 0 Å². The van der Waals surface area contributed by atoms with Gasteiger partial charge in [-0.05, 0) is 12.5 Å². The number of H-pyrrole nitrogens is 1. The zero-order valence-corrected chi connectivity index (χ0v) is 22.7. The van der Waals surface area contributed by atoms with Gasteiger partial charge in [-0.3, -0.25) is 23.9 Å².